The van der Waals surface area contributed by atoms with E-state index in [1.165, 1.54) is 43.1 Å². The Hall–Kier alpha value is -3.64. The summed E-state index contributed by atoms with van der Waals surface area (Å²) in [7, 11) is 3.03. The molecule has 1 aromatic heterocycles. The molecule has 0 N–H and O–H groups in total. The van der Waals surface area contributed by atoms with Crippen LogP contribution >= 0.6 is 23.1 Å². The molecule has 6 rings (SSSR count). The molecule has 0 unspecified atom stereocenters. The van der Waals surface area contributed by atoms with E-state index in [1.54, 1.807) is 23.1 Å². The minimum atomic E-state index is -0.844. The largest absolute Gasteiger partial charge is 0.493 e. The molecular formula is C29H28FN3O6S2. The number of benzene rings is 2. The summed E-state index contributed by atoms with van der Waals surface area (Å²) in [4.78, 5) is 57.6. The number of hydrogen-bond acceptors (Lipinski definition) is 8. The average Bonchev–Trinajstić information content (AvgIpc) is 3.43. The van der Waals surface area contributed by atoms with E-state index in [4.69, 9.17) is 9.47 Å². The van der Waals surface area contributed by atoms with Gasteiger partial charge in [-0.25, -0.2) is 9.29 Å². The molecule has 4 heterocycles. The Morgan fingerprint density at radius 3 is 2.34 bits per heavy atom. The van der Waals surface area contributed by atoms with Crippen molar-refractivity contribution in [3.05, 3.63) is 68.4 Å². The lowest BCUT2D eigenvalue weighted by atomic mass is 9.83. The fourth-order valence-electron chi connectivity index (χ4n) is 5.88. The Balaban J connectivity index is 1.46. The minimum absolute atomic E-state index is 0.127. The third kappa shape index (κ3) is 4.72. The molecule has 3 atom stereocenters. The number of carbonyl (C=O) groups excluding carboxylic acids is 3. The van der Waals surface area contributed by atoms with Crippen molar-refractivity contribution in [1.82, 2.24) is 9.47 Å². The quantitative estimate of drug-likeness (QED) is 0.398. The molecule has 3 aliphatic heterocycles. The Kier molecular flexibility index (Phi) is 7.37. The summed E-state index contributed by atoms with van der Waals surface area (Å²) in [6.45, 7) is 1.19. The van der Waals surface area contributed by atoms with Crippen molar-refractivity contribution in [3.8, 4) is 11.5 Å². The molecule has 0 bridgehead atoms. The summed E-state index contributed by atoms with van der Waals surface area (Å²) < 4.78 is 26.0. The van der Waals surface area contributed by atoms with E-state index in [-0.39, 0.29) is 23.0 Å². The van der Waals surface area contributed by atoms with Crippen LogP contribution < -0.4 is 19.2 Å². The number of likely N-dealkylation sites (tertiary alicyclic amines) is 1. The van der Waals surface area contributed by atoms with Gasteiger partial charge in [0, 0.05) is 23.9 Å². The summed E-state index contributed by atoms with van der Waals surface area (Å²) in [5, 5.41) is -0.322. The predicted octanol–water partition coefficient (Wildman–Crippen LogP) is 3.87. The monoisotopic (exact) mass is 597 g/mol. The van der Waals surface area contributed by atoms with Crippen LogP contribution in [0.3, 0.4) is 0 Å². The van der Waals surface area contributed by atoms with Gasteiger partial charge in [-0.3, -0.25) is 23.7 Å². The van der Waals surface area contributed by atoms with Crippen LogP contribution in [-0.2, 0) is 20.9 Å². The predicted molar refractivity (Wildman–Crippen MR) is 152 cm³/mol. The normalized spacial score (nSPS) is 22.0. The van der Waals surface area contributed by atoms with Gasteiger partial charge >= 0.3 is 4.87 Å². The third-order valence-corrected chi connectivity index (χ3v) is 10.5. The highest BCUT2D eigenvalue weighted by molar-refractivity contribution is 8.00. The topological polar surface area (TPSA) is 98.1 Å². The Morgan fingerprint density at radius 1 is 0.951 bits per heavy atom. The molecule has 0 aliphatic carbocycles. The molecule has 0 radical (unpaired) electrons. The molecule has 3 amide bonds. The second kappa shape index (κ2) is 11.0. The van der Waals surface area contributed by atoms with Crippen LogP contribution in [0.4, 0.5) is 10.1 Å². The van der Waals surface area contributed by atoms with Gasteiger partial charge in [0.25, 0.3) is 0 Å². The first kappa shape index (κ1) is 27.5. The maximum absolute atomic E-state index is 14.0. The Labute approximate surface area is 243 Å². The van der Waals surface area contributed by atoms with Gasteiger partial charge in [0.15, 0.2) is 11.5 Å². The SMILES string of the molecule is COc1ccc([C@@H]2c3sc(=O)n(CC(=O)N4CCCCC4)c3S[C@H]3C(=O)N(c4ccc(F)cc4)C(=O)[C@@H]23)cc1OC. The molecule has 0 spiro atoms. The van der Waals surface area contributed by atoms with Crippen molar-refractivity contribution in [2.75, 3.05) is 32.2 Å². The number of thioether (sulfide) groups is 1. The van der Waals surface area contributed by atoms with E-state index < -0.39 is 34.7 Å². The van der Waals surface area contributed by atoms with Crippen molar-refractivity contribution in [2.24, 2.45) is 5.92 Å². The number of amides is 3. The lowest BCUT2D eigenvalue weighted by Crippen LogP contribution is -2.39. The number of anilines is 1. The molecule has 12 heteroatoms. The number of nitrogens with zero attached hydrogens (tertiary/aromatic N) is 3. The van der Waals surface area contributed by atoms with Crippen LogP contribution in [0.1, 0.15) is 35.6 Å². The van der Waals surface area contributed by atoms with Crippen LogP contribution in [0.15, 0.2) is 52.3 Å². The summed E-state index contributed by atoms with van der Waals surface area (Å²) in [6, 6.07) is 10.5. The number of carbonyl (C=O) groups is 3. The number of hydrogen-bond donors (Lipinski definition) is 0. The van der Waals surface area contributed by atoms with Crippen molar-refractivity contribution in [1.29, 1.82) is 0 Å². The summed E-state index contributed by atoms with van der Waals surface area (Å²) >= 11 is 2.15. The Bertz CT molecular complexity index is 1580. The van der Waals surface area contributed by atoms with Crippen LogP contribution in [0.25, 0.3) is 0 Å². The molecule has 214 valence electrons. The molecular weight excluding hydrogens is 569 g/mol. The van der Waals surface area contributed by atoms with E-state index in [1.807, 2.05) is 0 Å². The number of methoxy groups -OCH3 is 2. The van der Waals surface area contributed by atoms with Crippen molar-refractivity contribution in [2.45, 2.75) is 42.0 Å². The third-order valence-electron chi connectivity index (χ3n) is 7.90. The summed E-state index contributed by atoms with van der Waals surface area (Å²) in [6.07, 6.45) is 2.93. The van der Waals surface area contributed by atoms with E-state index in [0.717, 1.165) is 47.3 Å². The number of halogens is 1. The zero-order valence-electron chi connectivity index (χ0n) is 22.5. The van der Waals surface area contributed by atoms with Crippen molar-refractivity contribution in [3.63, 3.8) is 0 Å². The number of piperidine rings is 1. The zero-order valence-corrected chi connectivity index (χ0v) is 24.1. The maximum atomic E-state index is 14.0. The van der Waals surface area contributed by atoms with Crippen LogP contribution in [0.5, 0.6) is 11.5 Å². The zero-order chi connectivity index (χ0) is 28.8. The number of aromatic nitrogens is 1. The van der Waals surface area contributed by atoms with Crippen molar-refractivity contribution < 1.29 is 28.2 Å². The first-order valence-corrected chi connectivity index (χ1v) is 15.0. The molecule has 3 aromatic rings. The highest BCUT2D eigenvalue weighted by atomic mass is 32.2. The summed E-state index contributed by atoms with van der Waals surface area (Å²) in [5.74, 6) is -2.03. The standard InChI is InChI=1S/C29H28FN3O6S2/c1-38-19-11-6-16(14-20(19)39-2)22-23-24(27(36)33(26(23)35)18-9-7-17(30)8-10-18)40-28-25(22)41-29(37)32(28)15-21(34)31-12-4-3-5-13-31/h6-11,14,22-24H,3-5,12-13,15H2,1-2H3/t22-,23-,24+/m0/s1. The van der Waals surface area contributed by atoms with Crippen molar-refractivity contribution >= 4 is 46.5 Å². The van der Waals surface area contributed by atoms with Crippen LogP contribution in [0.2, 0.25) is 0 Å². The van der Waals surface area contributed by atoms with E-state index >= 15 is 0 Å². The van der Waals surface area contributed by atoms with E-state index in [9.17, 15) is 23.6 Å². The van der Waals surface area contributed by atoms with Gasteiger partial charge in [0.2, 0.25) is 17.7 Å². The van der Waals surface area contributed by atoms with E-state index in [2.05, 4.69) is 0 Å². The van der Waals surface area contributed by atoms with Gasteiger partial charge in [0.05, 0.1) is 30.9 Å². The number of rotatable bonds is 6. The minimum Gasteiger partial charge on any atom is -0.493 e. The number of fused-ring (bicyclic) bond motifs is 2. The van der Waals surface area contributed by atoms with Gasteiger partial charge in [-0.1, -0.05) is 29.2 Å². The van der Waals surface area contributed by atoms with Gasteiger partial charge in [-0.2, -0.15) is 0 Å². The van der Waals surface area contributed by atoms with Gasteiger partial charge < -0.3 is 14.4 Å². The number of imide groups is 1. The maximum Gasteiger partial charge on any atom is 0.308 e. The second-order valence-corrected chi connectivity index (χ2v) is 12.3. The smallest absolute Gasteiger partial charge is 0.308 e. The average molecular weight is 598 g/mol. The fraction of sp³-hybridized carbons (Fsp3) is 0.379. The molecule has 9 nitrogen and oxygen atoms in total. The molecule has 0 saturated carbocycles. The summed E-state index contributed by atoms with van der Waals surface area (Å²) in [5.41, 5.74) is 0.959. The second-order valence-electron chi connectivity index (χ2n) is 10.2. The first-order valence-electron chi connectivity index (χ1n) is 13.4. The van der Waals surface area contributed by atoms with Gasteiger partial charge in [-0.15, -0.1) is 0 Å². The first-order chi connectivity index (χ1) is 19.8. The lowest BCUT2D eigenvalue weighted by Gasteiger charge is -2.31. The van der Waals surface area contributed by atoms with Gasteiger partial charge in [0.1, 0.15) is 17.6 Å². The van der Waals surface area contributed by atoms with E-state index in [0.29, 0.717) is 40.1 Å². The van der Waals surface area contributed by atoms with Crippen LogP contribution in [-0.4, -0.2) is 59.7 Å². The lowest BCUT2D eigenvalue weighted by molar-refractivity contribution is -0.133. The fourth-order valence-corrected chi connectivity index (χ4v) is 8.66. The molecule has 2 aromatic carbocycles. The molecule has 2 fully saturated rings. The highest BCUT2D eigenvalue weighted by Crippen LogP contribution is 2.54. The molecule has 2 saturated heterocycles. The molecule has 41 heavy (non-hydrogen) atoms. The van der Waals surface area contributed by atoms with Gasteiger partial charge in [-0.05, 0) is 61.2 Å². The van der Waals surface area contributed by atoms with Crippen LogP contribution in [0, 0.1) is 11.7 Å². The number of ether oxygens (including phenoxy) is 2. The number of thiazole rings is 1. The Morgan fingerprint density at radius 2 is 1.66 bits per heavy atom. The molecule has 3 aliphatic rings. The highest BCUT2D eigenvalue weighted by Gasteiger charge is 2.57.